The molecular formula is C18H20N6O. The number of benzene rings is 1. The van der Waals surface area contributed by atoms with Crippen LogP contribution >= 0.6 is 0 Å². The maximum atomic E-state index is 5.44. The van der Waals surface area contributed by atoms with Crippen LogP contribution in [0, 0.1) is 0 Å². The number of hydrogen-bond donors (Lipinski definition) is 0. The van der Waals surface area contributed by atoms with E-state index < -0.39 is 0 Å². The van der Waals surface area contributed by atoms with Gasteiger partial charge in [-0.25, -0.2) is 0 Å². The van der Waals surface area contributed by atoms with Gasteiger partial charge in [0.05, 0.1) is 13.1 Å². The molecule has 0 spiro atoms. The van der Waals surface area contributed by atoms with E-state index in [9.17, 15) is 0 Å². The van der Waals surface area contributed by atoms with Gasteiger partial charge in [-0.3, -0.25) is 4.90 Å². The van der Waals surface area contributed by atoms with Crippen LogP contribution in [-0.2, 0) is 26.1 Å². The van der Waals surface area contributed by atoms with Gasteiger partial charge >= 0.3 is 0 Å². The van der Waals surface area contributed by atoms with Gasteiger partial charge in [-0.05, 0) is 18.4 Å². The number of aromatic nitrogens is 5. The molecule has 7 nitrogen and oxygen atoms in total. The van der Waals surface area contributed by atoms with Crippen LogP contribution in [0.1, 0.15) is 47.7 Å². The highest BCUT2D eigenvalue weighted by Crippen LogP contribution is 2.39. The lowest BCUT2D eigenvalue weighted by Gasteiger charge is -2.26. The SMILES string of the molecule is c1ccc(Cc2noc(CN3CCn4c(nnc4C4CC4)C3)n2)cc1. The predicted molar refractivity (Wildman–Crippen MR) is 89.7 cm³/mol. The lowest BCUT2D eigenvalue weighted by molar-refractivity contribution is 0.181. The Kier molecular flexibility index (Phi) is 3.59. The van der Waals surface area contributed by atoms with Crippen LogP contribution in [0.3, 0.4) is 0 Å². The van der Waals surface area contributed by atoms with Crippen LogP contribution in [0.25, 0.3) is 0 Å². The summed E-state index contributed by atoms with van der Waals surface area (Å²) in [5.41, 5.74) is 1.19. The minimum atomic E-state index is 0.643. The molecule has 2 aromatic heterocycles. The molecule has 1 aliphatic carbocycles. The van der Waals surface area contributed by atoms with Crippen molar-refractivity contribution in [1.29, 1.82) is 0 Å². The first-order chi connectivity index (χ1) is 12.3. The summed E-state index contributed by atoms with van der Waals surface area (Å²) in [5.74, 6) is 4.28. The summed E-state index contributed by atoms with van der Waals surface area (Å²) in [6, 6.07) is 10.2. The molecule has 25 heavy (non-hydrogen) atoms. The van der Waals surface area contributed by atoms with Crippen LogP contribution in [0.4, 0.5) is 0 Å². The van der Waals surface area contributed by atoms with E-state index in [4.69, 9.17) is 4.52 Å². The van der Waals surface area contributed by atoms with Gasteiger partial charge in [-0.15, -0.1) is 10.2 Å². The number of fused-ring (bicyclic) bond motifs is 1. The molecule has 3 heterocycles. The molecule has 2 aliphatic rings. The van der Waals surface area contributed by atoms with Crippen molar-refractivity contribution in [3.8, 4) is 0 Å². The van der Waals surface area contributed by atoms with E-state index in [-0.39, 0.29) is 0 Å². The summed E-state index contributed by atoms with van der Waals surface area (Å²) in [4.78, 5) is 6.83. The third-order valence-electron chi connectivity index (χ3n) is 4.88. The van der Waals surface area contributed by atoms with Crippen molar-refractivity contribution >= 4 is 0 Å². The van der Waals surface area contributed by atoms with Gasteiger partial charge < -0.3 is 9.09 Å². The van der Waals surface area contributed by atoms with Gasteiger partial charge in [0.1, 0.15) is 11.6 Å². The molecule has 1 fully saturated rings. The third-order valence-corrected chi connectivity index (χ3v) is 4.88. The van der Waals surface area contributed by atoms with Crippen molar-refractivity contribution in [2.75, 3.05) is 6.54 Å². The highest BCUT2D eigenvalue weighted by molar-refractivity contribution is 5.18. The van der Waals surface area contributed by atoms with E-state index in [1.807, 2.05) is 18.2 Å². The molecule has 3 aromatic rings. The average molecular weight is 336 g/mol. The Morgan fingerprint density at radius 1 is 1.08 bits per heavy atom. The molecule has 0 atom stereocenters. The van der Waals surface area contributed by atoms with Crippen molar-refractivity contribution in [1.82, 2.24) is 29.8 Å². The highest BCUT2D eigenvalue weighted by Gasteiger charge is 2.32. The Balaban J connectivity index is 1.24. The van der Waals surface area contributed by atoms with Gasteiger partial charge in [-0.1, -0.05) is 35.5 Å². The van der Waals surface area contributed by atoms with Gasteiger partial charge in [0.15, 0.2) is 5.82 Å². The molecule has 0 N–H and O–H groups in total. The Hall–Kier alpha value is -2.54. The molecule has 0 amide bonds. The van der Waals surface area contributed by atoms with E-state index >= 15 is 0 Å². The molecule has 7 heteroatoms. The lowest BCUT2D eigenvalue weighted by Crippen LogP contribution is -2.34. The van der Waals surface area contributed by atoms with Crippen LogP contribution in [0.2, 0.25) is 0 Å². The van der Waals surface area contributed by atoms with E-state index in [1.54, 1.807) is 0 Å². The quantitative estimate of drug-likeness (QED) is 0.711. The summed E-state index contributed by atoms with van der Waals surface area (Å²) < 4.78 is 7.73. The predicted octanol–water partition coefficient (Wildman–Crippen LogP) is 2.15. The summed E-state index contributed by atoms with van der Waals surface area (Å²) in [6.07, 6.45) is 3.21. The average Bonchev–Trinajstić information content (AvgIpc) is 3.25. The monoisotopic (exact) mass is 336 g/mol. The van der Waals surface area contributed by atoms with E-state index in [0.29, 0.717) is 24.8 Å². The second-order valence-electron chi connectivity index (χ2n) is 6.88. The number of rotatable bonds is 5. The van der Waals surface area contributed by atoms with Gasteiger partial charge in [0, 0.05) is 25.4 Å². The van der Waals surface area contributed by atoms with Crippen LogP contribution in [0.15, 0.2) is 34.9 Å². The van der Waals surface area contributed by atoms with Gasteiger partial charge in [0.2, 0.25) is 5.89 Å². The smallest absolute Gasteiger partial charge is 0.240 e. The maximum absolute atomic E-state index is 5.44. The fourth-order valence-corrected chi connectivity index (χ4v) is 3.40. The van der Waals surface area contributed by atoms with E-state index in [1.165, 1.54) is 24.2 Å². The van der Waals surface area contributed by atoms with Crippen LogP contribution in [-0.4, -0.2) is 36.3 Å². The minimum absolute atomic E-state index is 0.643. The zero-order valence-corrected chi connectivity index (χ0v) is 14.0. The Morgan fingerprint density at radius 2 is 1.96 bits per heavy atom. The Morgan fingerprint density at radius 3 is 2.80 bits per heavy atom. The summed E-state index contributed by atoms with van der Waals surface area (Å²) in [6.45, 7) is 3.35. The number of hydrogen-bond acceptors (Lipinski definition) is 6. The zero-order chi connectivity index (χ0) is 16.6. The molecule has 1 saturated carbocycles. The Bertz CT molecular complexity index is 867. The van der Waals surface area contributed by atoms with Crippen molar-refractivity contribution in [2.45, 2.75) is 44.8 Å². The number of nitrogens with zero attached hydrogens (tertiary/aromatic N) is 6. The van der Waals surface area contributed by atoms with Crippen LogP contribution in [0.5, 0.6) is 0 Å². The molecule has 128 valence electrons. The second-order valence-corrected chi connectivity index (χ2v) is 6.88. The maximum Gasteiger partial charge on any atom is 0.240 e. The van der Waals surface area contributed by atoms with Gasteiger partial charge in [0.25, 0.3) is 0 Å². The van der Waals surface area contributed by atoms with Crippen molar-refractivity contribution in [2.24, 2.45) is 0 Å². The second kappa shape index (κ2) is 6.07. The topological polar surface area (TPSA) is 72.9 Å². The molecule has 5 rings (SSSR count). The minimum Gasteiger partial charge on any atom is -0.338 e. The third kappa shape index (κ3) is 3.07. The van der Waals surface area contributed by atoms with E-state index in [0.717, 1.165) is 31.3 Å². The normalized spacial score (nSPS) is 17.6. The fourth-order valence-electron chi connectivity index (χ4n) is 3.40. The molecule has 0 radical (unpaired) electrons. The molecule has 0 saturated heterocycles. The summed E-state index contributed by atoms with van der Waals surface area (Å²) in [7, 11) is 0. The zero-order valence-electron chi connectivity index (χ0n) is 14.0. The standard InChI is InChI=1S/C18H20N6O/c1-2-4-13(5-3-1)10-15-19-17(25-22-15)12-23-8-9-24-16(11-23)20-21-18(24)14-6-7-14/h1-5,14H,6-12H2. The van der Waals surface area contributed by atoms with Crippen molar-refractivity contribution in [3.05, 3.63) is 59.3 Å². The van der Waals surface area contributed by atoms with Gasteiger partial charge in [-0.2, -0.15) is 4.98 Å². The van der Waals surface area contributed by atoms with Crippen molar-refractivity contribution in [3.63, 3.8) is 0 Å². The summed E-state index contributed by atoms with van der Waals surface area (Å²) in [5, 5.41) is 12.9. The molecule has 1 aromatic carbocycles. The van der Waals surface area contributed by atoms with E-state index in [2.05, 4.69) is 41.9 Å². The van der Waals surface area contributed by atoms with Crippen molar-refractivity contribution < 1.29 is 4.52 Å². The first-order valence-electron chi connectivity index (χ1n) is 8.85. The first kappa shape index (κ1) is 14.8. The summed E-state index contributed by atoms with van der Waals surface area (Å²) >= 11 is 0. The Labute approximate surface area is 145 Å². The molecule has 0 bridgehead atoms. The molecule has 1 aliphatic heterocycles. The highest BCUT2D eigenvalue weighted by atomic mass is 16.5. The fraction of sp³-hybridized carbons (Fsp3) is 0.444. The van der Waals surface area contributed by atoms with Crippen LogP contribution < -0.4 is 0 Å². The lowest BCUT2D eigenvalue weighted by atomic mass is 10.1. The molecular weight excluding hydrogens is 316 g/mol. The molecule has 0 unspecified atom stereocenters. The largest absolute Gasteiger partial charge is 0.338 e. The first-order valence-corrected chi connectivity index (χ1v) is 8.85.